The number of furan rings is 1. The van der Waals surface area contributed by atoms with Gasteiger partial charge in [-0.3, -0.25) is 18.7 Å². The number of rotatable bonds is 31. The minimum atomic E-state index is -3.69. The Bertz CT molecular complexity index is 1860. The van der Waals surface area contributed by atoms with Crippen LogP contribution in [0, 0.1) is 5.82 Å². The average Bonchev–Trinajstić information content (AvgIpc) is 4.01. The maximum Gasteiger partial charge on any atom is 0.308 e. The van der Waals surface area contributed by atoms with Gasteiger partial charge in [-0.25, -0.2) is 12.8 Å². The minimum Gasteiger partial charge on any atom is -0.466 e. The molecule has 15 nitrogen and oxygen atoms in total. The van der Waals surface area contributed by atoms with Gasteiger partial charge >= 0.3 is 11.9 Å². The zero-order valence-electron chi connectivity index (χ0n) is 36.3. The molecule has 17 heteroatoms. The second-order valence-corrected chi connectivity index (χ2v) is 15.8. The molecule has 0 aliphatic heterocycles. The van der Waals surface area contributed by atoms with E-state index in [1.54, 1.807) is 39.0 Å². The number of sulfonamides is 1. The van der Waals surface area contributed by atoms with E-state index in [1.807, 2.05) is 6.07 Å². The zero-order chi connectivity index (χ0) is 44.5. The summed E-state index contributed by atoms with van der Waals surface area (Å²) < 4.78 is 88.9. The smallest absolute Gasteiger partial charge is 0.308 e. The number of benzene rings is 2. The number of nitrogens with zero attached hydrogens (tertiary/aromatic N) is 1. The molecule has 1 aromatic heterocycles. The van der Waals surface area contributed by atoms with E-state index in [2.05, 4.69) is 6.92 Å². The molecule has 0 bridgehead atoms. The number of ether oxygens (including phenoxy) is 8. The topological polar surface area (TPSA) is 176 Å². The van der Waals surface area contributed by atoms with Crippen LogP contribution in [0.4, 0.5) is 10.1 Å². The summed E-state index contributed by atoms with van der Waals surface area (Å²) in [5.41, 5.74) is 2.70. The molecule has 342 valence electrons. The van der Waals surface area contributed by atoms with Crippen molar-refractivity contribution in [2.45, 2.75) is 72.1 Å². The Hall–Kier alpha value is -3.97. The second kappa shape index (κ2) is 28.6. The maximum absolute atomic E-state index is 13.6. The van der Waals surface area contributed by atoms with Crippen molar-refractivity contribution < 1.29 is 69.5 Å². The van der Waals surface area contributed by atoms with Crippen molar-refractivity contribution >= 4 is 44.4 Å². The van der Waals surface area contributed by atoms with E-state index in [1.165, 1.54) is 16.4 Å². The molecule has 0 N–H and O–H groups in total. The number of ketones is 1. The predicted octanol–water partition coefficient (Wildman–Crippen LogP) is 6.88. The number of fused-ring (bicyclic) bond motifs is 1. The zero-order valence-corrected chi connectivity index (χ0v) is 37.2. The van der Waals surface area contributed by atoms with Gasteiger partial charge in [-0.15, -0.1) is 0 Å². The summed E-state index contributed by atoms with van der Waals surface area (Å²) in [6.07, 6.45) is 4.74. The first-order valence-electron chi connectivity index (χ1n) is 21.1. The van der Waals surface area contributed by atoms with Gasteiger partial charge in [-0.1, -0.05) is 13.8 Å². The monoisotopic (exact) mass is 881 g/mol. The van der Waals surface area contributed by atoms with Crippen LogP contribution in [0.25, 0.3) is 22.3 Å². The van der Waals surface area contributed by atoms with E-state index >= 15 is 0 Å². The first-order valence-corrected chi connectivity index (χ1v) is 22.9. The highest BCUT2D eigenvalue weighted by Crippen LogP contribution is 2.48. The van der Waals surface area contributed by atoms with Crippen molar-refractivity contribution in [1.29, 1.82) is 0 Å². The van der Waals surface area contributed by atoms with Crippen LogP contribution in [0.2, 0.25) is 0 Å². The molecule has 1 aliphatic rings. The quantitative estimate of drug-likeness (QED) is 0.0372. The lowest BCUT2D eigenvalue weighted by Crippen LogP contribution is -2.34. The summed E-state index contributed by atoms with van der Waals surface area (Å²) >= 11 is 0. The largest absolute Gasteiger partial charge is 0.466 e. The Kier molecular flexibility index (Phi) is 24.1. The van der Waals surface area contributed by atoms with Gasteiger partial charge in [0.1, 0.15) is 17.2 Å². The van der Waals surface area contributed by atoms with Crippen molar-refractivity contribution in [3.05, 3.63) is 53.3 Å². The second-order valence-electron chi connectivity index (χ2n) is 13.9. The molecule has 61 heavy (non-hydrogen) atoms. The van der Waals surface area contributed by atoms with E-state index in [9.17, 15) is 27.2 Å². The number of carbonyl (C=O) groups excluding carboxylic acids is 3. The minimum absolute atomic E-state index is 0.0767. The fourth-order valence-electron chi connectivity index (χ4n) is 5.96. The first-order chi connectivity index (χ1) is 29.4. The van der Waals surface area contributed by atoms with Gasteiger partial charge < -0.3 is 42.3 Å². The van der Waals surface area contributed by atoms with Crippen LogP contribution < -0.4 is 4.31 Å². The van der Waals surface area contributed by atoms with Crippen molar-refractivity contribution in [3.8, 4) is 11.3 Å². The van der Waals surface area contributed by atoms with Crippen LogP contribution in [0.1, 0.15) is 88.1 Å². The van der Waals surface area contributed by atoms with Crippen molar-refractivity contribution in [2.24, 2.45) is 0 Å². The molecular weight excluding hydrogens is 818 g/mol. The number of halogens is 1. The lowest BCUT2D eigenvalue weighted by atomic mass is 9.97. The lowest BCUT2D eigenvalue weighted by Gasteiger charge is -2.25. The van der Waals surface area contributed by atoms with Gasteiger partial charge in [-0.2, -0.15) is 0 Å². The van der Waals surface area contributed by atoms with Gasteiger partial charge in [0.15, 0.2) is 5.78 Å². The molecule has 0 amide bonds. The molecule has 0 unspecified atom stereocenters. The Morgan fingerprint density at radius 1 is 0.705 bits per heavy atom. The van der Waals surface area contributed by atoms with Gasteiger partial charge in [0.05, 0.1) is 123 Å². The van der Waals surface area contributed by atoms with Crippen molar-refractivity contribution in [3.63, 3.8) is 0 Å². The molecule has 1 saturated carbocycles. The van der Waals surface area contributed by atoms with Crippen LogP contribution >= 0.6 is 0 Å². The standard InChI is InChI=1S/C32H40FNO9S.C12H24O5/c1-4-28(35)31-26-20-25(22-6-7-22)27(21-29(26)43-32(31)23-8-10-24(33)11-9-23)34(44(3,37)38)13-15-40-17-19-41-18-16-39-14-12-30(36)42-5-2;1-3-6-14-8-10-16-11-9-15-7-5-12(13)17-4-2/h8-11,20-22H,4-7,12-19H2,1-3H3;3-11H2,1-2H3. The van der Waals surface area contributed by atoms with Gasteiger partial charge in [0.25, 0.3) is 0 Å². The Morgan fingerprint density at radius 3 is 1.66 bits per heavy atom. The Morgan fingerprint density at radius 2 is 1.20 bits per heavy atom. The lowest BCUT2D eigenvalue weighted by molar-refractivity contribution is -0.145. The van der Waals surface area contributed by atoms with E-state index in [0.717, 1.165) is 37.7 Å². The van der Waals surface area contributed by atoms with E-state index in [0.29, 0.717) is 106 Å². The summed E-state index contributed by atoms with van der Waals surface area (Å²) in [5, 5.41) is 0.619. The van der Waals surface area contributed by atoms with Crippen molar-refractivity contribution in [2.75, 3.05) is 110 Å². The summed E-state index contributed by atoms with van der Waals surface area (Å²) in [6.45, 7) is 13.2. The fraction of sp³-hybridized carbons (Fsp3) is 0.614. The molecular formula is C44H64FNO14S. The van der Waals surface area contributed by atoms with Gasteiger partial charge in [0.2, 0.25) is 10.0 Å². The highest BCUT2D eigenvalue weighted by molar-refractivity contribution is 7.92. The SMILES string of the molecule is CCCOCCOCCOCCC(=O)OCC.CCOC(=O)CCOCCOCCOCCN(c1cc2oc(-c3ccc(F)cc3)c(C(=O)CC)c2cc1C1CC1)S(C)(=O)=O. The number of anilines is 1. The molecule has 4 rings (SSSR count). The molecule has 1 aliphatic carbocycles. The van der Waals surface area contributed by atoms with E-state index in [4.69, 9.17) is 42.3 Å². The average molecular weight is 882 g/mol. The molecule has 2 aromatic carbocycles. The third-order valence-corrected chi connectivity index (χ3v) is 10.2. The number of carbonyl (C=O) groups is 3. The van der Waals surface area contributed by atoms with Crippen LogP contribution in [0.3, 0.4) is 0 Å². The number of hydrogen-bond acceptors (Lipinski definition) is 14. The first kappa shape index (κ1) is 51.4. The number of esters is 2. The Balaban J connectivity index is 0.000000493. The summed E-state index contributed by atoms with van der Waals surface area (Å²) in [5.74, 6) is -0.534. The normalized spacial score (nSPS) is 12.6. The van der Waals surface area contributed by atoms with Crippen LogP contribution in [0.5, 0.6) is 0 Å². The van der Waals surface area contributed by atoms with E-state index in [-0.39, 0.29) is 62.8 Å². The van der Waals surface area contributed by atoms with Gasteiger partial charge in [-0.05, 0) is 74.9 Å². The highest BCUT2D eigenvalue weighted by Gasteiger charge is 2.33. The summed E-state index contributed by atoms with van der Waals surface area (Å²) in [6, 6.07) is 9.31. The van der Waals surface area contributed by atoms with Crippen LogP contribution in [-0.2, 0) is 57.5 Å². The molecule has 0 spiro atoms. The molecule has 1 heterocycles. The Labute approximate surface area is 359 Å². The summed E-state index contributed by atoms with van der Waals surface area (Å²) in [4.78, 5) is 35.3. The number of hydrogen-bond donors (Lipinski definition) is 0. The van der Waals surface area contributed by atoms with Crippen molar-refractivity contribution in [1.82, 2.24) is 0 Å². The molecule has 0 atom stereocenters. The summed E-state index contributed by atoms with van der Waals surface area (Å²) in [7, 11) is -3.69. The van der Waals surface area contributed by atoms with Crippen LogP contribution in [-0.4, -0.2) is 131 Å². The third-order valence-electron chi connectivity index (χ3n) is 9.02. The highest BCUT2D eigenvalue weighted by atomic mass is 32.2. The molecule has 0 radical (unpaired) electrons. The van der Waals surface area contributed by atoms with Gasteiger partial charge in [0, 0.05) is 30.0 Å². The maximum atomic E-state index is 13.6. The molecule has 1 fully saturated rings. The fourth-order valence-corrected chi connectivity index (χ4v) is 6.88. The number of Topliss-reactive ketones (excluding diaryl/α,β-unsaturated/α-hetero) is 1. The molecule has 3 aromatic rings. The molecule has 0 saturated heterocycles. The van der Waals surface area contributed by atoms with E-state index < -0.39 is 15.8 Å². The van der Waals surface area contributed by atoms with Crippen LogP contribution in [0.15, 0.2) is 40.8 Å². The predicted molar refractivity (Wildman–Crippen MR) is 228 cm³/mol. The third kappa shape index (κ3) is 18.9.